The van der Waals surface area contributed by atoms with E-state index < -0.39 is 23.0 Å². The summed E-state index contributed by atoms with van der Waals surface area (Å²) >= 11 is 0. The molecule has 4 fully saturated rings. The highest BCUT2D eigenvalue weighted by molar-refractivity contribution is 6.01. The van der Waals surface area contributed by atoms with E-state index >= 15 is 0 Å². The highest BCUT2D eigenvalue weighted by atomic mass is 16.3. The average Bonchev–Trinajstić information content (AvgIpc) is 3.18. The summed E-state index contributed by atoms with van der Waals surface area (Å²) < 4.78 is 0. The zero-order chi connectivity index (χ0) is 35.7. The third kappa shape index (κ3) is 8.46. The molecule has 12 heteroatoms. The molecule has 2 amide bonds. The molecular formula is C38H52N6O6. The number of amides is 2. The van der Waals surface area contributed by atoms with Crippen molar-refractivity contribution in [3.8, 4) is 23.7 Å². The van der Waals surface area contributed by atoms with E-state index in [0.717, 1.165) is 25.7 Å². The Kier molecular flexibility index (Phi) is 12.8. The van der Waals surface area contributed by atoms with Gasteiger partial charge in [-0.3, -0.25) is 19.2 Å². The molecule has 12 nitrogen and oxygen atoms in total. The van der Waals surface area contributed by atoms with Gasteiger partial charge in [0.05, 0.1) is 0 Å². The van der Waals surface area contributed by atoms with E-state index in [0.29, 0.717) is 76.8 Å². The first-order valence-electron chi connectivity index (χ1n) is 18.2. The van der Waals surface area contributed by atoms with Gasteiger partial charge >= 0.3 is 0 Å². The van der Waals surface area contributed by atoms with Crippen molar-refractivity contribution in [1.82, 2.24) is 20.4 Å². The number of carbonyl (C=O) groups is 4. The van der Waals surface area contributed by atoms with Crippen LogP contribution in [0.3, 0.4) is 0 Å². The second-order valence-electron chi connectivity index (χ2n) is 14.2. The molecule has 2 unspecified atom stereocenters. The highest BCUT2D eigenvalue weighted by Gasteiger charge is 2.49. The van der Waals surface area contributed by atoms with Gasteiger partial charge < -0.3 is 42.1 Å². The highest BCUT2D eigenvalue weighted by Crippen LogP contribution is 2.36. The molecular weight excluding hydrogens is 636 g/mol. The van der Waals surface area contributed by atoms with Gasteiger partial charge in [-0.2, -0.15) is 0 Å². The van der Waals surface area contributed by atoms with Crippen LogP contribution in [0.4, 0.5) is 0 Å². The average molecular weight is 689 g/mol. The maximum Gasteiger partial charge on any atom is 0.272 e. The summed E-state index contributed by atoms with van der Waals surface area (Å²) in [6.07, 6.45) is 5.67. The lowest BCUT2D eigenvalue weighted by Crippen LogP contribution is -2.56. The van der Waals surface area contributed by atoms with Crippen molar-refractivity contribution < 1.29 is 29.4 Å². The Morgan fingerprint density at radius 3 is 1.30 bits per heavy atom. The van der Waals surface area contributed by atoms with Crippen molar-refractivity contribution in [2.75, 3.05) is 65.4 Å². The predicted octanol–water partition coefficient (Wildman–Crippen LogP) is -0.399. The predicted molar refractivity (Wildman–Crippen MR) is 188 cm³/mol. The van der Waals surface area contributed by atoms with Crippen LogP contribution in [0.2, 0.25) is 0 Å². The number of carbonyl (C=O) groups excluding carboxylic acids is 4. The molecule has 50 heavy (non-hydrogen) atoms. The summed E-state index contributed by atoms with van der Waals surface area (Å²) in [5.74, 6) is 8.19. The van der Waals surface area contributed by atoms with Gasteiger partial charge in [-0.15, -0.1) is 0 Å². The SMILES string of the molecule is NCC1CCC(C(=O)C#CC(O)(C(=O)N2CCNCC2)c2ccccc2C(O)(C#CC(=O)C2CCC(CN)CC2)C(=O)N2CCNCC2)CC1. The molecule has 0 spiro atoms. The summed E-state index contributed by atoms with van der Waals surface area (Å²) in [4.78, 5) is 58.3. The fraction of sp³-hybridized carbons (Fsp3) is 0.632. The Morgan fingerprint density at radius 2 is 0.980 bits per heavy atom. The van der Waals surface area contributed by atoms with Gasteiger partial charge in [0.2, 0.25) is 22.8 Å². The Labute approximate surface area is 295 Å². The molecule has 2 atom stereocenters. The molecule has 2 saturated carbocycles. The molecule has 2 aliphatic carbocycles. The van der Waals surface area contributed by atoms with Crippen LogP contribution in [0.25, 0.3) is 0 Å². The zero-order valence-electron chi connectivity index (χ0n) is 28.9. The molecule has 0 aromatic heterocycles. The van der Waals surface area contributed by atoms with Crippen LogP contribution in [0, 0.1) is 47.4 Å². The maximum absolute atomic E-state index is 14.3. The number of nitrogens with one attached hydrogen (secondary N) is 2. The van der Waals surface area contributed by atoms with E-state index in [4.69, 9.17) is 11.5 Å². The first-order valence-corrected chi connectivity index (χ1v) is 18.2. The molecule has 2 heterocycles. The molecule has 0 radical (unpaired) electrons. The van der Waals surface area contributed by atoms with E-state index in [9.17, 15) is 29.4 Å². The lowest BCUT2D eigenvalue weighted by atomic mass is 9.78. The van der Waals surface area contributed by atoms with E-state index in [1.165, 1.54) is 21.9 Å². The third-order valence-corrected chi connectivity index (χ3v) is 11.0. The molecule has 270 valence electrons. The van der Waals surface area contributed by atoms with Crippen LogP contribution in [-0.2, 0) is 30.4 Å². The minimum Gasteiger partial charge on any atom is -0.366 e. The fourth-order valence-corrected chi connectivity index (χ4v) is 7.61. The first kappa shape index (κ1) is 37.6. The smallest absolute Gasteiger partial charge is 0.272 e. The zero-order valence-corrected chi connectivity index (χ0v) is 28.9. The van der Waals surface area contributed by atoms with Gasteiger partial charge in [0.15, 0.2) is 0 Å². The van der Waals surface area contributed by atoms with Crippen molar-refractivity contribution in [3.63, 3.8) is 0 Å². The Hall–Kier alpha value is -3.62. The van der Waals surface area contributed by atoms with Crippen LogP contribution in [0.1, 0.15) is 62.5 Å². The van der Waals surface area contributed by atoms with Gasteiger partial charge in [-0.25, -0.2) is 0 Å². The van der Waals surface area contributed by atoms with E-state index in [-0.39, 0.29) is 60.7 Å². The van der Waals surface area contributed by atoms with Crippen molar-refractivity contribution in [1.29, 1.82) is 0 Å². The summed E-state index contributed by atoms with van der Waals surface area (Å²) in [7, 11) is 0. The van der Waals surface area contributed by atoms with E-state index in [2.05, 4.69) is 34.3 Å². The molecule has 2 saturated heterocycles. The number of ketones is 2. The number of hydrogen-bond donors (Lipinski definition) is 6. The van der Waals surface area contributed by atoms with Crippen LogP contribution in [0.15, 0.2) is 24.3 Å². The van der Waals surface area contributed by atoms with Gasteiger partial charge in [0.25, 0.3) is 11.8 Å². The lowest BCUT2D eigenvalue weighted by molar-refractivity contribution is -0.149. The second kappa shape index (κ2) is 17.1. The fourth-order valence-electron chi connectivity index (χ4n) is 7.61. The van der Waals surface area contributed by atoms with E-state index in [1.807, 2.05) is 0 Å². The van der Waals surface area contributed by atoms with E-state index in [1.54, 1.807) is 12.1 Å². The van der Waals surface area contributed by atoms with Crippen molar-refractivity contribution in [3.05, 3.63) is 35.4 Å². The molecule has 4 aliphatic rings. The maximum atomic E-state index is 14.3. The Morgan fingerprint density at radius 1 is 0.640 bits per heavy atom. The molecule has 0 bridgehead atoms. The topological polar surface area (TPSA) is 191 Å². The molecule has 2 aliphatic heterocycles. The van der Waals surface area contributed by atoms with Gasteiger partial charge in [0.1, 0.15) is 0 Å². The van der Waals surface area contributed by atoms with Gasteiger partial charge in [-0.1, -0.05) is 24.3 Å². The number of hydrogen-bond acceptors (Lipinski definition) is 10. The summed E-state index contributed by atoms with van der Waals surface area (Å²) in [6, 6.07) is 5.98. The van der Waals surface area contributed by atoms with Crippen molar-refractivity contribution in [2.45, 2.75) is 62.6 Å². The molecule has 1 aromatic carbocycles. The Balaban J connectivity index is 1.57. The number of benzene rings is 1. The summed E-state index contributed by atoms with van der Waals surface area (Å²) in [5, 5.41) is 31.3. The minimum atomic E-state index is -2.61. The molecule has 8 N–H and O–H groups in total. The third-order valence-electron chi connectivity index (χ3n) is 11.0. The lowest BCUT2D eigenvalue weighted by Gasteiger charge is -2.37. The Bertz CT molecular complexity index is 1400. The minimum absolute atomic E-state index is 0.160. The normalized spacial score (nSPS) is 26.6. The van der Waals surface area contributed by atoms with Gasteiger partial charge in [-0.05, 0) is 100.0 Å². The van der Waals surface area contributed by atoms with Crippen LogP contribution >= 0.6 is 0 Å². The van der Waals surface area contributed by atoms with Crippen molar-refractivity contribution in [2.24, 2.45) is 35.1 Å². The van der Waals surface area contributed by atoms with Crippen LogP contribution in [-0.4, -0.2) is 109 Å². The van der Waals surface area contributed by atoms with Crippen molar-refractivity contribution >= 4 is 23.4 Å². The molecule has 1 aromatic rings. The largest absolute Gasteiger partial charge is 0.366 e. The standard InChI is InChI=1S/C38H52N6O6/c39-25-27-5-9-29(10-6-27)33(45)13-15-37(49,35(47)43-21-17-41-18-22-43)31-3-1-2-4-32(31)38(50,36(48)44-23-19-42-20-24-44)16-14-34(46)30-11-7-28(26-40)8-12-30/h1-4,27-30,41-42,49-50H,5-12,17-26,39-40H2. The molecule has 5 rings (SSSR count). The van der Waals surface area contributed by atoms with Crippen LogP contribution in [0.5, 0.6) is 0 Å². The van der Waals surface area contributed by atoms with Gasteiger partial charge in [0, 0.05) is 75.3 Å². The number of nitrogens with two attached hydrogens (primary N) is 2. The summed E-state index contributed by atoms with van der Waals surface area (Å²) in [5.41, 5.74) is 6.14. The summed E-state index contributed by atoms with van der Waals surface area (Å²) in [6.45, 7) is 4.22. The monoisotopic (exact) mass is 688 g/mol. The number of piperazine rings is 2. The second-order valence-corrected chi connectivity index (χ2v) is 14.2. The number of aliphatic hydroxyl groups is 2. The van der Waals surface area contributed by atoms with Crippen LogP contribution < -0.4 is 22.1 Å². The first-order chi connectivity index (χ1) is 24.1. The number of Topliss-reactive ketones (excluding diaryl/α,β-unsaturated/α-hetero) is 2. The number of rotatable bonds is 8. The quantitative estimate of drug-likeness (QED) is 0.155. The number of nitrogens with zero attached hydrogens (tertiary/aromatic N) is 2.